The zero-order chi connectivity index (χ0) is 11.8. The standard InChI is InChI=1S/C8H6O4.CH2O2.K.H/c9-7(10)5-1-2-6(4-3-5)8(11)12;2-1-3;;/h1-4H,(H,9,10)(H,11,12);1H,(H,2,3);;. The van der Waals surface area contributed by atoms with Gasteiger partial charge in [0.1, 0.15) is 0 Å². The number of carbonyl (C=O) groups is 3. The van der Waals surface area contributed by atoms with Crippen LogP contribution in [0.15, 0.2) is 24.3 Å². The Morgan fingerprint density at radius 2 is 1.12 bits per heavy atom. The number of carboxylic acids is 2. The van der Waals surface area contributed by atoms with Crippen LogP contribution in [0.25, 0.3) is 0 Å². The number of hydrogen-bond donors (Lipinski definition) is 3. The summed E-state index contributed by atoms with van der Waals surface area (Å²) in [6.07, 6.45) is 0. The van der Waals surface area contributed by atoms with Crippen molar-refractivity contribution >= 4 is 69.8 Å². The van der Waals surface area contributed by atoms with Gasteiger partial charge in [0.15, 0.2) is 0 Å². The third-order valence-corrected chi connectivity index (χ3v) is 1.38. The van der Waals surface area contributed by atoms with E-state index in [0.717, 1.165) is 0 Å². The van der Waals surface area contributed by atoms with E-state index in [4.69, 9.17) is 20.1 Å². The molecule has 6 nitrogen and oxygen atoms in total. The number of aromatic carboxylic acids is 2. The van der Waals surface area contributed by atoms with Crippen LogP contribution in [0.4, 0.5) is 0 Å². The fourth-order valence-corrected chi connectivity index (χ4v) is 0.755. The van der Waals surface area contributed by atoms with Crippen molar-refractivity contribution in [1.29, 1.82) is 0 Å². The van der Waals surface area contributed by atoms with Crippen LogP contribution >= 0.6 is 0 Å². The van der Waals surface area contributed by atoms with Gasteiger partial charge in [-0.2, -0.15) is 0 Å². The van der Waals surface area contributed by atoms with Gasteiger partial charge in [0, 0.05) is 0 Å². The van der Waals surface area contributed by atoms with Crippen molar-refractivity contribution in [2.75, 3.05) is 0 Å². The summed E-state index contributed by atoms with van der Waals surface area (Å²) in [5.74, 6) is -2.13. The quantitative estimate of drug-likeness (QED) is 0.509. The predicted octanol–water partition coefficient (Wildman–Crippen LogP) is 0.135. The Balaban J connectivity index is 0. The minimum absolute atomic E-state index is 0. The van der Waals surface area contributed by atoms with E-state index in [-0.39, 0.29) is 69.0 Å². The van der Waals surface area contributed by atoms with Crippen molar-refractivity contribution in [1.82, 2.24) is 0 Å². The molecule has 0 aliphatic heterocycles. The molecule has 0 saturated heterocycles. The second-order valence-corrected chi connectivity index (χ2v) is 2.29. The fraction of sp³-hybridized carbons (Fsp3) is 0. The second-order valence-electron chi connectivity index (χ2n) is 2.29. The van der Waals surface area contributed by atoms with Crippen LogP contribution in [0.3, 0.4) is 0 Å². The molecule has 1 rings (SSSR count). The van der Waals surface area contributed by atoms with Crippen LogP contribution in [0.2, 0.25) is 0 Å². The summed E-state index contributed by atoms with van der Waals surface area (Å²) in [5.41, 5.74) is 0.167. The maximum absolute atomic E-state index is 10.3. The Bertz CT molecular complexity index is 326. The Hall–Kier alpha value is -0.734. The molecule has 0 amide bonds. The van der Waals surface area contributed by atoms with Gasteiger partial charge >= 0.3 is 63.3 Å². The molecule has 0 aromatic heterocycles. The van der Waals surface area contributed by atoms with Crippen LogP contribution in [0.5, 0.6) is 0 Å². The molecule has 3 N–H and O–H groups in total. The summed E-state index contributed by atoms with van der Waals surface area (Å²) in [7, 11) is 0. The zero-order valence-electron chi connectivity index (χ0n) is 7.45. The predicted molar refractivity (Wildman–Crippen MR) is 56.2 cm³/mol. The normalized spacial score (nSPS) is 7.75. The topological polar surface area (TPSA) is 112 Å². The molecule has 0 radical (unpaired) electrons. The Labute approximate surface area is 133 Å². The number of benzene rings is 1. The molecule has 0 aliphatic rings. The molecule has 1 aromatic rings. The third kappa shape index (κ3) is 6.70. The second kappa shape index (κ2) is 9.49. The molecular weight excluding hydrogens is 243 g/mol. The number of hydrogen-bond acceptors (Lipinski definition) is 3. The maximum atomic E-state index is 10.3. The first kappa shape index (κ1) is 17.7. The molecule has 0 spiro atoms. The molecule has 16 heavy (non-hydrogen) atoms. The van der Waals surface area contributed by atoms with E-state index in [2.05, 4.69) is 0 Å². The summed E-state index contributed by atoms with van der Waals surface area (Å²) < 4.78 is 0. The van der Waals surface area contributed by atoms with Crippen LogP contribution in [-0.2, 0) is 4.79 Å². The van der Waals surface area contributed by atoms with Gasteiger partial charge in [0.2, 0.25) is 0 Å². The summed E-state index contributed by atoms with van der Waals surface area (Å²) in [5, 5.41) is 23.8. The van der Waals surface area contributed by atoms with E-state index in [0.29, 0.717) is 0 Å². The molecule has 0 atom stereocenters. The Morgan fingerprint density at radius 3 is 1.25 bits per heavy atom. The molecule has 0 bridgehead atoms. The van der Waals surface area contributed by atoms with Crippen molar-refractivity contribution in [3.63, 3.8) is 0 Å². The average Bonchev–Trinajstić information content (AvgIpc) is 2.19. The fourth-order valence-electron chi connectivity index (χ4n) is 0.755. The summed E-state index contributed by atoms with van der Waals surface area (Å²) in [6.45, 7) is -0.250. The molecule has 0 heterocycles. The molecule has 7 heteroatoms. The van der Waals surface area contributed by atoms with Crippen LogP contribution in [-0.4, -0.2) is 85.1 Å². The molecule has 1 aromatic carbocycles. The van der Waals surface area contributed by atoms with Crippen molar-refractivity contribution in [2.45, 2.75) is 0 Å². The van der Waals surface area contributed by atoms with Gasteiger partial charge < -0.3 is 15.3 Å². The minimum atomic E-state index is -1.06. The average molecular weight is 252 g/mol. The summed E-state index contributed by atoms with van der Waals surface area (Å²) >= 11 is 0. The van der Waals surface area contributed by atoms with E-state index < -0.39 is 11.9 Å². The van der Waals surface area contributed by atoms with Gasteiger partial charge in [-0.25, -0.2) is 9.59 Å². The van der Waals surface area contributed by atoms with E-state index >= 15 is 0 Å². The Morgan fingerprint density at radius 1 is 0.938 bits per heavy atom. The van der Waals surface area contributed by atoms with Gasteiger partial charge in [0.25, 0.3) is 6.47 Å². The first-order valence-corrected chi connectivity index (χ1v) is 3.67. The monoisotopic (exact) mass is 252 g/mol. The number of carboxylic acid groups (broad SMARTS) is 3. The number of rotatable bonds is 2. The first-order valence-electron chi connectivity index (χ1n) is 3.67. The van der Waals surface area contributed by atoms with Crippen LogP contribution in [0.1, 0.15) is 20.7 Å². The van der Waals surface area contributed by atoms with Crippen LogP contribution in [0, 0.1) is 0 Å². The Kier molecular flexibility index (Phi) is 10.5. The molecule has 82 valence electrons. The van der Waals surface area contributed by atoms with E-state index in [1.807, 2.05) is 0 Å². The molecule has 0 saturated carbocycles. The summed E-state index contributed by atoms with van der Waals surface area (Å²) in [6, 6.07) is 5.02. The van der Waals surface area contributed by atoms with E-state index in [1.165, 1.54) is 24.3 Å². The van der Waals surface area contributed by atoms with Crippen molar-refractivity contribution in [3.05, 3.63) is 35.4 Å². The van der Waals surface area contributed by atoms with E-state index in [1.54, 1.807) is 0 Å². The van der Waals surface area contributed by atoms with Crippen LogP contribution < -0.4 is 0 Å². The van der Waals surface area contributed by atoms with Crippen molar-refractivity contribution in [3.8, 4) is 0 Å². The molecule has 0 aliphatic carbocycles. The molecular formula is C9H9KO6. The van der Waals surface area contributed by atoms with Gasteiger partial charge in [-0.1, -0.05) is 0 Å². The SMILES string of the molecule is O=C(O)c1ccc(C(=O)O)cc1.O=CO.[KH]. The van der Waals surface area contributed by atoms with Gasteiger partial charge in [-0.3, -0.25) is 4.79 Å². The van der Waals surface area contributed by atoms with Crippen molar-refractivity contribution < 1.29 is 29.7 Å². The first-order chi connectivity index (χ1) is 7.02. The summed E-state index contributed by atoms with van der Waals surface area (Å²) in [4.78, 5) is 29.0. The van der Waals surface area contributed by atoms with Gasteiger partial charge in [0.05, 0.1) is 11.1 Å². The zero-order valence-corrected chi connectivity index (χ0v) is 7.45. The van der Waals surface area contributed by atoms with Gasteiger partial charge in [-0.15, -0.1) is 0 Å². The van der Waals surface area contributed by atoms with E-state index in [9.17, 15) is 9.59 Å². The van der Waals surface area contributed by atoms with Crippen molar-refractivity contribution in [2.24, 2.45) is 0 Å². The van der Waals surface area contributed by atoms with Gasteiger partial charge in [-0.05, 0) is 24.3 Å². The molecule has 0 fully saturated rings. The third-order valence-electron chi connectivity index (χ3n) is 1.38. The molecule has 0 unspecified atom stereocenters.